The van der Waals surface area contributed by atoms with E-state index in [1.807, 2.05) is 37.3 Å². The first kappa shape index (κ1) is 14.2. The van der Waals surface area contributed by atoms with Crippen molar-refractivity contribution >= 4 is 15.9 Å². The molecule has 0 saturated heterocycles. The monoisotopic (exact) mass is 323 g/mol. The Morgan fingerprint density at radius 2 is 2.05 bits per heavy atom. The zero-order chi connectivity index (χ0) is 13.7. The fraction of sp³-hybridized carbons (Fsp3) is 0.357. The summed E-state index contributed by atoms with van der Waals surface area (Å²) in [6.45, 7) is 3.16. The van der Waals surface area contributed by atoms with Gasteiger partial charge in [0, 0.05) is 29.5 Å². The molecule has 0 amide bonds. The lowest BCUT2D eigenvalue weighted by Gasteiger charge is -2.27. The van der Waals surface area contributed by atoms with E-state index in [1.165, 1.54) is 0 Å². The summed E-state index contributed by atoms with van der Waals surface area (Å²) in [4.78, 5) is 0. The van der Waals surface area contributed by atoms with Crippen LogP contribution in [-0.2, 0) is 12.1 Å². The van der Waals surface area contributed by atoms with Gasteiger partial charge in [-0.2, -0.15) is 5.10 Å². The third kappa shape index (κ3) is 3.65. The number of aromatic amines is 1. The van der Waals surface area contributed by atoms with Crippen LogP contribution in [0.2, 0.25) is 0 Å². The molecule has 1 atom stereocenters. The Morgan fingerprint density at radius 3 is 2.63 bits per heavy atom. The standard InChI is InChI=1S/C14H18BrN3O/c1-2-14(19,11-3-5-12(15)6-4-11)10-16-9-13-7-8-17-18-13/h3-8,16,19H,2,9-10H2,1H3,(H,17,18)/t14-/m0/s1. The van der Waals surface area contributed by atoms with Gasteiger partial charge in [-0.1, -0.05) is 35.0 Å². The number of rotatable bonds is 6. The van der Waals surface area contributed by atoms with Crippen molar-refractivity contribution in [3.05, 3.63) is 52.3 Å². The molecule has 102 valence electrons. The van der Waals surface area contributed by atoms with Crippen LogP contribution in [0.15, 0.2) is 41.0 Å². The molecular formula is C14H18BrN3O. The van der Waals surface area contributed by atoms with Crippen LogP contribution in [-0.4, -0.2) is 21.8 Å². The summed E-state index contributed by atoms with van der Waals surface area (Å²) in [7, 11) is 0. The van der Waals surface area contributed by atoms with Crippen LogP contribution in [0.25, 0.3) is 0 Å². The van der Waals surface area contributed by atoms with Crippen molar-refractivity contribution in [3.8, 4) is 0 Å². The lowest BCUT2D eigenvalue weighted by Crippen LogP contribution is -2.37. The summed E-state index contributed by atoms with van der Waals surface area (Å²) in [5.74, 6) is 0. The molecule has 4 nitrogen and oxygen atoms in total. The molecule has 2 aromatic rings. The molecule has 3 N–H and O–H groups in total. The van der Waals surface area contributed by atoms with Gasteiger partial charge in [-0.25, -0.2) is 0 Å². The van der Waals surface area contributed by atoms with E-state index in [4.69, 9.17) is 0 Å². The third-order valence-corrected chi connectivity index (χ3v) is 3.79. The normalized spacial score (nSPS) is 14.3. The molecule has 19 heavy (non-hydrogen) atoms. The van der Waals surface area contributed by atoms with Gasteiger partial charge in [-0.05, 0) is 30.2 Å². The number of halogens is 1. The lowest BCUT2D eigenvalue weighted by molar-refractivity contribution is 0.0323. The van der Waals surface area contributed by atoms with Gasteiger partial charge in [-0.3, -0.25) is 5.10 Å². The average molecular weight is 324 g/mol. The van der Waals surface area contributed by atoms with E-state index in [-0.39, 0.29) is 0 Å². The minimum atomic E-state index is -0.847. The van der Waals surface area contributed by atoms with Crippen molar-refractivity contribution in [2.75, 3.05) is 6.54 Å². The second-order valence-electron chi connectivity index (χ2n) is 4.58. The molecule has 1 heterocycles. The van der Waals surface area contributed by atoms with Crippen molar-refractivity contribution < 1.29 is 5.11 Å². The Morgan fingerprint density at radius 1 is 1.32 bits per heavy atom. The molecule has 1 aromatic heterocycles. The van der Waals surface area contributed by atoms with Gasteiger partial charge in [0.15, 0.2) is 0 Å². The molecule has 0 aliphatic carbocycles. The number of benzene rings is 1. The minimum absolute atomic E-state index is 0.504. The minimum Gasteiger partial charge on any atom is -0.384 e. The smallest absolute Gasteiger partial charge is 0.102 e. The summed E-state index contributed by atoms with van der Waals surface area (Å²) in [5, 5.41) is 20.7. The largest absolute Gasteiger partial charge is 0.384 e. The zero-order valence-electron chi connectivity index (χ0n) is 10.9. The van der Waals surface area contributed by atoms with Crippen LogP contribution in [0, 0.1) is 0 Å². The highest BCUT2D eigenvalue weighted by Gasteiger charge is 2.26. The molecule has 0 unspecified atom stereocenters. The maximum atomic E-state index is 10.7. The van der Waals surface area contributed by atoms with Crippen LogP contribution in [0.1, 0.15) is 24.6 Å². The van der Waals surface area contributed by atoms with Gasteiger partial charge in [0.1, 0.15) is 5.60 Å². The fourth-order valence-electron chi connectivity index (χ4n) is 1.98. The third-order valence-electron chi connectivity index (χ3n) is 3.26. The van der Waals surface area contributed by atoms with E-state index in [2.05, 4.69) is 31.4 Å². The summed E-state index contributed by atoms with van der Waals surface area (Å²) in [6.07, 6.45) is 2.38. The SMILES string of the molecule is CC[C@](O)(CNCc1ccn[nH]1)c1ccc(Br)cc1. The van der Waals surface area contributed by atoms with Gasteiger partial charge in [0.05, 0.1) is 0 Å². The molecular weight excluding hydrogens is 306 g/mol. The summed E-state index contributed by atoms with van der Waals surface area (Å²) in [6, 6.07) is 9.71. The Hall–Kier alpha value is -1.17. The Kier molecular flexibility index (Phi) is 4.74. The summed E-state index contributed by atoms with van der Waals surface area (Å²) in [5.41, 5.74) is 1.09. The molecule has 0 aliphatic rings. The molecule has 0 aliphatic heterocycles. The highest BCUT2D eigenvalue weighted by Crippen LogP contribution is 2.25. The highest BCUT2D eigenvalue weighted by atomic mass is 79.9. The Labute approximate surface area is 121 Å². The van der Waals surface area contributed by atoms with Gasteiger partial charge in [0.2, 0.25) is 0 Å². The van der Waals surface area contributed by atoms with Crippen LogP contribution in [0.4, 0.5) is 0 Å². The molecule has 0 bridgehead atoms. The number of hydrogen-bond acceptors (Lipinski definition) is 3. The topological polar surface area (TPSA) is 60.9 Å². The van der Waals surface area contributed by atoms with Crippen molar-refractivity contribution in [1.82, 2.24) is 15.5 Å². The van der Waals surface area contributed by atoms with Crippen molar-refractivity contribution in [1.29, 1.82) is 0 Å². The van der Waals surface area contributed by atoms with E-state index in [1.54, 1.807) is 6.20 Å². The molecule has 1 aromatic carbocycles. The number of hydrogen-bond donors (Lipinski definition) is 3. The van der Waals surface area contributed by atoms with Crippen LogP contribution < -0.4 is 5.32 Å². The summed E-state index contributed by atoms with van der Waals surface area (Å²) < 4.78 is 1.01. The van der Waals surface area contributed by atoms with Gasteiger partial charge >= 0.3 is 0 Å². The van der Waals surface area contributed by atoms with Crippen molar-refractivity contribution in [2.45, 2.75) is 25.5 Å². The highest BCUT2D eigenvalue weighted by molar-refractivity contribution is 9.10. The van der Waals surface area contributed by atoms with Crippen LogP contribution in [0.5, 0.6) is 0 Å². The Balaban J connectivity index is 1.99. The molecule has 0 radical (unpaired) electrons. The van der Waals surface area contributed by atoms with E-state index in [9.17, 15) is 5.11 Å². The van der Waals surface area contributed by atoms with Gasteiger partial charge in [0.25, 0.3) is 0 Å². The van der Waals surface area contributed by atoms with Crippen molar-refractivity contribution in [2.24, 2.45) is 0 Å². The predicted molar refractivity (Wildman–Crippen MR) is 78.6 cm³/mol. The summed E-state index contributed by atoms with van der Waals surface area (Å²) >= 11 is 3.40. The zero-order valence-corrected chi connectivity index (χ0v) is 12.4. The van der Waals surface area contributed by atoms with Crippen LogP contribution in [0.3, 0.4) is 0 Å². The molecule has 5 heteroatoms. The van der Waals surface area contributed by atoms with Gasteiger partial charge < -0.3 is 10.4 Å². The van der Waals surface area contributed by atoms with E-state index in [0.29, 0.717) is 19.5 Å². The second-order valence-corrected chi connectivity index (χ2v) is 5.49. The molecule has 0 fully saturated rings. The maximum absolute atomic E-state index is 10.7. The molecule has 0 spiro atoms. The molecule has 0 saturated carbocycles. The van der Waals surface area contributed by atoms with E-state index in [0.717, 1.165) is 15.7 Å². The predicted octanol–water partition coefficient (Wildman–Crippen LogP) is 2.56. The number of nitrogens with zero attached hydrogens (tertiary/aromatic N) is 1. The average Bonchev–Trinajstić information content (AvgIpc) is 2.92. The van der Waals surface area contributed by atoms with E-state index < -0.39 is 5.60 Å². The molecule has 2 rings (SSSR count). The first-order valence-electron chi connectivity index (χ1n) is 6.31. The number of nitrogens with one attached hydrogen (secondary N) is 2. The van der Waals surface area contributed by atoms with E-state index >= 15 is 0 Å². The van der Waals surface area contributed by atoms with Crippen LogP contribution >= 0.6 is 15.9 Å². The fourth-order valence-corrected chi connectivity index (χ4v) is 2.24. The number of H-pyrrole nitrogens is 1. The first-order chi connectivity index (χ1) is 9.14. The van der Waals surface area contributed by atoms with Crippen molar-refractivity contribution in [3.63, 3.8) is 0 Å². The second kappa shape index (κ2) is 6.32. The lowest BCUT2D eigenvalue weighted by atomic mass is 9.91. The quantitative estimate of drug-likeness (QED) is 0.765. The Bertz CT molecular complexity index is 498. The van der Waals surface area contributed by atoms with Gasteiger partial charge in [-0.15, -0.1) is 0 Å². The number of aromatic nitrogens is 2. The number of aliphatic hydroxyl groups is 1. The first-order valence-corrected chi connectivity index (χ1v) is 7.11. The maximum Gasteiger partial charge on any atom is 0.102 e.